The lowest BCUT2D eigenvalue weighted by Gasteiger charge is -2.22. The number of aromatic hydroxyl groups is 6. The van der Waals surface area contributed by atoms with Crippen LogP contribution >= 0.6 is 0 Å². The molecule has 0 aliphatic heterocycles. The molecule has 0 spiro atoms. The van der Waals surface area contributed by atoms with E-state index in [0.717, 1.165) is 0 Å². The molecule has 0 atom stereocenters. The largest absolute Gasteiger partial charge is 0.507 e. The number of phenols is 6. The molecule has 0 fully saturated rings. The molecule has 12 heteroatoms. The van der Waals surface area contributed by atoms with E-state index in [9.17, 15) is 48.6 Å². The standard InChI is InChI=1S/C14H8O11S/c15-2-1-3(16)8(17)5-4(2)9(18)6-7(10(5)19)12(21)14(26(23,24)25)13(22)11(6)20/h1,15-17,20-22H,(H,23,24,25). The maximum Gasteiger partial charge on any atom is 0.302 e. The third kappa shape index (κ3) is 1.99. The minimum atomic E-state index is -5.35. The second-order valence-corrected chi connectivity index (χ2v) is 6.63. The van der Waals surface area contributed by atoms with Gasteiger partial charge >= 0.3 is 10.1 Å². The van der Waals surface area contributed by atoms with Gasteiger partial charge in [-0.05, 0) is 0 Å². The topological polar surface area (TPSA) is 210 Å². The summed E-state index contributed by atoms with van der Waals surface area (Å²) < 4.78 is 31.7. The van der Waals surface area contributed by atoms with Crippen LogP contribution in [0.15, 0.2) is 11.0 Å². The summed E-state index contributed by atoms with van der Waals surface area (Å²) in [4.78, 5) is 23.5. The van der Waals surface area contributed by atoms with E-state index in [0.29, 0.717) is 6.07 Å². The minimum absolute atomic E-state index is 0.535. The number of hydrogen-bond acceptors (Lipinski definition) is 10. The fourth-order valence-corrected chi connectivity index (χ4v) is 3.41. The zero-order chi connectivity index (χ0) is 19.7. The van der Waals surface area contributed by atoms with Gasteiger partial charge in [0.05, 0.1) is 22.3 Å². The smallest absolute Gasteiger partial charge is 0.302 e. The van der Waals surface area contributed by atoms with Crippen molar-refractivity contribution in [2.24, 2.45) is 0 Å². The van der Waals surface area contributed by atoms with Gasteiger partial charge in [-0.25, -0.2) is 0 Å². The van der Waals surface area contributed by atoms with Crippen LogP contribution in [0.3, 0.4) is 0 Å². The third-order valence-electron chi connectivity index (χ3n) is 3.80. The van der Waals surface area contributed by atoms with Gasteiger partial charge in [0.25, 0.3) is 0 Å². The van der Waals surface area contributed by atoms with Gasteiger partial charge in [-0.2, -0.15) is 8.42 Å². The molecular formula is C14H8O11S. The van der Waals surface area contributed by atoms with E-state index in [1.165, 1.54) is 0 Å². The van der Waals surface area contributed by atoms with E-state index in [-0.39, 0.29) is 0 Å². The predicted molar refractivity (Wildman–Crippen MR) is 79.6 cm³/mol. The van der Waals surface area contributed by atoms with Gasteiger partial charge in [0, 0.05) is 6.07 Å². The first-order valence-corrected chi connectivity index (χ1v) is 7.99. The number of ketones is 2. The van der Waals surface area contributed by atoms with Crippen LogP contribution < -0.4 is 0 Å². The number of phenolic OH excluding ortho intramolecular Hbond substituents is 6. The first-order chi connectivity index (χ1) is 11.9. The van der Waals surface area contributed by atoms with Crippen molar-refractivity contribution in [3.8, 4) is 34.5 Å². The highest BCUT2D eigenvalue weighted by molar-refractivity contribution is 7.86. The molecule has 0 saturated carbocycles. The average Bonchev–Trinajstić information content (AvgIpc) is 2.50. The number of carbonyl (C=O) groups is 2. The van der Waals surface area contributed by atoms with Crippen LogP contribution in [0.1, 0.15) is 31.8 Å². The Bertz CT molecular complexity index is 1140. The highest BCUT2D eigenvalue weighted by Gasteiger charge is 2.43. The van der Waals surface area contributed by atoms with Crippen molar-refractivity contribution in [3.05, 3.63) is 28.3 Å². The van der Waals surface area contributed by atoms with E-state index in [4.69, 9.17) is 4.55 Å². The predicted octanol–water partition coefficient (Wildman–Crippen LogP) is -0.0577. The molecule has 0 amide bonds. The Balaban J connectivity index is 2.55. The van der Waals surface area contributed by atoms with Crippen molar-refractivity contribution >= 4 is 21.7 Å². The summed E-state index contributed by atoms with van der Waals surface area (Å²) in [5, 5.41) is 58.8. The van der Waals surface area contributed by atoms with Gasteiger partial charge in [0.15, 0.2) is 33.6 Å². The lowest BCUT2D eigenvalue weighted by Crippen LogP contribution is -2.22. The van der Waals surface area contributed by atoms with Crippen molar-refractivity contribution < 1.29 is 53.2 Å². The van der Waals surface area contributed by atoms with E-state index >= 15 is 0 Å². The number of fused-ring (bicyclic) bond motifs is 2. The Morgan fingerprint density at radius 2 is 1.08 bits per heavy atom. The molecule has 7 N–H and O–H groups in total. The molecule has 1 aliphatic carbocycles. The maximum absolute atomic E-state index is 12.6. The van der Waals surface area contributed by atoms with E-state index in [2.05, 4.69) is 0 Å². The first kappa shape index (κ1) is 17.3. The first-order valence-electron chi connectivity index (χ1n) is 6.55. The summed E-state index contributed by atoms with van der Waals surface area (Å²) in [7, 11) is -5.35. The van der Waals surface area contributed by atoms with Crippen molar-refractivity contribution in [1.29, 1.82) is 0 Å². The summed E-state index contributed by atoms with van der Waals surface area (Å²) in [6.07, 6.45) is 0. The molecule has 1 aliphatic rings. The van der Waals surface area contributed by atoms with E-state index in [1.807, 2.05) is 0 Å². The third-order valence-corrected chi connectivity index (χ3v) is 4.71. The molecule has 26 heavy (non-hydrogen) atoms. The Kier molecular flexibility index (Phi) is 3.33. The van der Waals surface area contributed by atoms with Crippen molar-refractivity contribution in [3.63, 3.8) is 0 Å². The van der Waals surface area contributed by atoms with Gasteiger partial charge in [0.1, 0.15) is 5.75 Å². The average molecular weight is 384 g/mol. The molecule has 2 aromatic carbocycles. The number of rotatable bonds is 1. The fourth-order valence-electron chi connectivity index (χ4n) is 2.72. The molecule has 3 rings (SSSR count). The van der Waals surface area contributed by atoms with Gasteiger partial charge in [-0.3, -0.25) is 14.1 Å². The SMILES string of the molecule is O=C1c2c(O)cc(O)c(O)c2C(=O)c2c(O)c(S(=O)(=O)O)c(O)c(O)c21. The van der Waals surface area contributed by atoms with Crippen LogP contribution in [-0.2, 0) is 10.1 Å². The summed E-state index contributed by atoms with van der Waals surface area (Å²) in [5.74, 6) is -10.6. The summed E-state index contributed by atoms with van der Waals surface area (Å²) in [5.41, 5.74) is -4.05. The lowest BCUT2D eigenvalue weighted by molar-refractivity contribution is 0.0967. The highest BCUT2D eigenvalue weighted by Crippen LogP contribution is 2.51. The Hall–Kier alpha value is -3.51. The quantitative estimate of drug-likeness (QED) is 0.168. The molecule has 0 bridgehead atoms. The van der Waals surface area contributed by atoms with Crippen LogP contribution in [-0.4, -0.2) is 55.2 Å². The second-order valence-electron chi connectivity index (χ2n) is 5.27. The molecule has 0 saturated heterocycles. The van der Waals surface area contributed by atoms with Crippen LogP contribution in [0.2, 0.25) is 0 Å². The maximum atomic E-state index is 12.6. The van der Waals surface area contributed by atoms with Gasteiger partial charge in [-0.1, -0.05) is 0 Å². The number of hydrogen-bond donors (Lipinski definition) is 7. The van der Waals surface area contributed by atoms with Crippen molar-refractivity contribution in [2.45, 2.75) is 4.90 Å². The monoisotopic (exact) mass is 384 g/mol. The lowest BCUT2D eigenvalue weighted by atomic mass is 9.81. The van der Waals surface area contributed by atoms with Gasteiger partial charge < -0.3 is 30.6 Å². The molecule has 0 radical (unpaired) electrons. The molecule has 11 nitrogen and oxygen atoms in total. The summed E-state index contributed by atoms with van der Waals surface area (Å²) >= 11 is 0. The Labute approximate surface area is 143 Å². The molecule has 2 aromatic rings. The van der Waals surface area contributed by atoms with Crippen LogP contribution in [0, 0.1) is 0 Å². The molecule has 0 heterocycles. The van der Waals surface area contributed by atoms with Crippen LogP contribution in [0.4, 0.5) is 0 Å². The van der Waals surface area contributed by atoms with E-state index in [1.54, 1.807) is 0 Å². The van der Waals surface area contributed by atoms with Crippen molar-refractivity contribution in [1.82, 2.24) is 0 Å². The molecular weight excluding hydrogens is 376 g/mol. The Morgan fingerprint density at radius 1 is 0.615 bits per heavy atom. The highest BCUT2D eigenvalue weighted by atomic mass is 32.2. The summed E-state index contributed by atoms with van der Waals surface area (Å²) in [6.45, 7) is 0. The van der Waals surface area contributed by atoms with E-state index < -0.39 is 83.3 Å². The second kappa shape index (κ2) is 5.00. The molecule has 136 valence electrons. The summed E-state index contributed by atoms with van der Waals surface area (Å²) in [6, 6.07) is 0.535. The number of carbonyl (C=O) groups excluding carboxylic acids is 2. The Morgan fingerprint density at radius 3 is 1.62 bits per heavy atom. The van der Waals surface area contributed by atoms with Gasteiger partial charge in [-0.15, -0.1) is 0 Å². The van der Waals surface area contributed by atoms with Crippen molar-refractivity contribution in [2.75, 3.05) is 0 Å². The molecule has 0 aromatic heterocycles. The zero-order valence-corrected chi connectivity index (χ0v) is 13.1. The number of benzene rings is 2. The molecule has 0 unspecified atom stereocenters. The van der Waals surface area contributed by atoms with Crippen LogP contribution in [0.25, 0.3) is 0 Å². The normalized spacial score (nSPS) is 13.4. The minimum Gasteiger partial charge on any atom is -0.507 e. The fraction of sp³-hybridized carbons (Fsp3) is 0. The van der Waals surface area contributed by atoms with Crippen LogP contribution in [0.5, 0.6) is 34.5 Å². The zero-order valence-electron chi connectivity index (χ0n) is 12.2. The van der Waals surface area contributed by atoms with Gasteiger partial charge in [0.2, 0.25) is 11.6 Å².